The lowest BCUT2D eigenvalue weighted by Gasteiger charge is -2.06. The Morgan fingerprint density at radius 3 is 2.67 bits per heavy atom. The molecule has 52 valence electrons. The Bertz CT molecular complexity index is 109. The van der Waals surface area contributed by atoms with E-state index in [4.69, 9.17) is 0 Å². The van der Waals surface area contributed by atoms with Gasteiger partial charge in [-0.15, -0.1) is 0 Å². The molecule has 1 unspecified atom stereocenters. The maximum atomic E-state index is 9.74. The van der Waals surface area contributed by atoms with Crippen molar-refractivity contribution in [3.63, 3.8) is 0 Å². The highest BCUT2D eigenvalue weighted by Crippen LogP contribution is 2.10. The van der Waals surface area contributed by atoms with Crippen LogP contribution in [0.5, 0.6) is 0 Å². The van der Waals surface area contributed by atoms with E-state index in [2.05, 4.69) is 11.8 Å². The van der Waals surface area contributed by atoms with Crippen LogP contribution in [-0.4, -0.2) is 6.54 Å². The van der Waals surface area contributed by atoms with E-state index in [1.807, 2.05) is 13.8 Å². The zero-order chi connectivity index (χ0) is 7.28. The van der Waals surface area contributed by atoms with Crippen molar-refractivity contribution in [3.05, 3.63) is 17.1 Å². The first-order valence-corrected chi connectivity index (χ1v) is 3.19. The monoisotopic (exact) mass is 127 g/mol. The Kier molecular flexibility index (Phi) is 3.93. The van der Waals surface area contributed by atoms with Gasteiger partial charge in [0.2, 0.25) is 0 Å². The first kappa shape index (κ1) is 8.34. The molecule has 0 amide bonds. The summed E-state index contributed by atoms with van der Waals surface area (Å²) in [6.45, 7) is 8.16. The summed E-state index contributed by atoms with van der Waals surface area (Å²) in [5, 5.41) is 2.79. The van der Waals surface area contributed by atoms with Crippen LogP contribution < -0.4 is 0 Å². The lowest BCUT2D eigenvalue weighted by Crippen LogP contribution is -2.00. The summed E-state index contributed by atoms with van der Waals surface area (Å²) in [6.07, 6.45) is 0.941. The minimum Gasteiger partial charge on any atom is -0.151 e. The number of nitroso groups, excluding NO2 is 1. The van der Waals surface area contributed by atoms with Crippen LogP contribution in [0.3, 0.4) is 0 Å². The molecule has 0 fully saturated rings. The summed E-state index contributed by atoms with van der Waals surface area (Å²) in [7, 11) is 0. The molecule has 0 radical (unpaired) electrons. The van der Waals surface area contributed by atoms with Crippen LogP contribution in [0.4, 0.5) is 0 Å². The predicted octanol–water partition coefficient (Wildman–Crippen LogP) is 2.36. The molecular formula is C7H13NO. The van der Waals surface area contributed by atoms with E-state index in [1.54, 1.807) is 0 Å². The van der Waals surface area contributed by atoms with Crippen molar-refractivity contribution in [1.29, 1.82) is 0 Å². The minimum absolute atomic E-state index is 0.257. The molecule has 0 aromatic heterocycles. The van der Waals surface area contributed by atoms with Gasteiger partial charge in [-0.3, -0.25) is 0 Å². The molecule has 0 rings (SSSR count). The van der Waals surface area contributed by atoms with Crippen molar-refractivity contribution in [2.45, 2.75) is 20.3 Å². The van der Waals surface area contributed by atoms with Crippen LogP contribution in [0.15, 0.2) is 17.3 Å². The first-order valence-electron chi connectivity index (χ1n) is 3.19. The van der Waals surface area contributed by atoms with Gasteiger partial charge in [0, 0.05) is 0 Å². The van der Waals surface area contributed by atoms with Crippen LogP contribution >= 0.6 is 0 Å². The summed E-state index contributed by atoms with van der Waals surface area (Å²) in [6, 6.07) is 0. The van der Waals surface area contributed by atoms with E-state index in [9.17, 15) is 4.91 Å². The van der Waals surface area contributed by atoms with Gasteiger partial charge >= 0.3 is 0 Å². The standard InChI is InChI=1S/C7H13NO/c1-4-6(2)7(3)5-8-9/h7H,2,4-5H2,1,3H3. The average molecular weight is 127 g/mol. The van der Waals surface area contributed by atoms with E-state index < -0.39 is 0 Å². The van der Waals surface area contributed by atoms with Gasteiger partial charge in [-0.2, -0.15) is 4.91 Å². The lowest BCUT2D eigenvalue weighted by atomic mass is 10.0. The summed E-state index contributed by atoms with van der Waals surface area (Å²) in [5.41, 5.74) is 1.11. The Balaban J connectivity index is 3.58. The Labute approximate surface area is 55.9 Å². The molecule has 0 aliphatic carbocycles. The normalized spacial score (nSPS) is 12.7. The van der Waals surface area contributed by atoms with Crippen LogP contribution in [-0.2, 0) is 0 Å². The second-order valence-electron chi connectivity index (χ2n) is 2.22. The summed E-state index contributed by atoms with van der Waals surface area (Å²) in [4.78, 5) is 9.74. The third-order valence-corrected chi connectivity index (χ3v) is 1.50. The maximum absolute atomic E-state index is 9.74. The minimum atomic E-state index is 0.257. The molecule has 0 aromatic carbocycles. The predicted molar refractivity (Wildman–Crippen MR) is 39.3 cm³/mol. The third-order valence-electron chi connectivity index (χ3n) is 1.50. The van der Waals surface area contributed by atoms with Gasteiger partial charge in [0.25, 0.3) is 0 Å². The summed E-state index contributed by atoms with van der Waals surface area (Å²) < 4.78 is 0. The molecule has 0 saturated heterocycles. The number of nitrogens with zero attached hydrogens (tertiary/aromatic N) is 1. The molecule has 0 saturated carbocycles. The molecule has 0 aliphatic heterocycles. The van der Waals surface area contributed by atoms with Gasteiger partial charge in [0.1, 0.15) is 0 Å². The Hall–Kier alpha value is -0.660. The van der Waals surface area contributed by atoms with Gasteiger partial charge < -0.3 is 0 Å². The zero-order valence-electron chi connectivity index (χ0n) is 6.05. The van der Waals surface area contributed by atoms with Gasteiger partial charge in [-0.25, -0.2) is 0 Å². The number of hydrogen-bond donors (Lipinski definition) is 0. The highest BCUT2D eigenvalue weighted by Gasteiger charge is 2.02. The zero-order valence-corrected chi connectivity index (χ0v) is 6.05. The van der Waals surface area contributed by atoms with E-state index in [-0.39, 0.29) is 5.92 Å². The van der Waals surface area contributed by atoms with Crippen LogP contribution in [0.2, 0.25) is 0 Å². The largest absolute Gasteiger partial charge is 0.151 e. The van der Waals surface area contributed by atoms with Gasteiger partial charge in [-0.05, 0) is 12.3 Å². The second-order valence-corrected chi connectivity index (χ2v) is 2.22. The number of hydrogen-bond acceptors (Lipinski definition) is 2. The molecule has 1 atom stereocenters. The molecule has 0 spiro atoms. The van der Waals surface area contributed by atoms with Crippen molar-refractivity contribution in [2.75, 3.05) is 6.54 Å². The van der Waals surface area contributed by atoms with E-state index in [1.165, 1.54) is 0 Å². The summed E-state index contributed by atoms with van der Waals surface area (Å²) in [5.74, 6) is 0.257. The van der Waals surface area contributed by atoms with Crippen molar-refractivity contribution < 1.29 is 0 Å². The first-order chi connectivity index (χ1) is 4.22. The fraction of sp³-hybridized carbons (Fsp3) is 0.714. The van der Waals surface area contributed by atoms with Gasteiger partial charge in [0.15, 0.2) is 0 Å². The van der Waals surface area contributed by atoms with Crippen LogP contribution in [0.1, 0.15) is 20.3 Å². The quantitative estimate of drug-likeness (QED) is 0.421. The van der Waals surface area contributed by atoms with Crippen molar-refractivity contribution in [3.8, 4) is 0 Å². The van der Waals surface area contributed by atoms with Crippen molar-refractivity contribution >= 4 is 0 Å². The Morgan fingerprint density at radius 2 is 2.33 bits per heavy atom. The maximum Gasteiger partial charge on any atom is 0.0873 e. The smallest absolute Gasteiger partial charge is 0.0873 e. The Morgan fingerprint density at radius 1 is 1.78 bits per heavy atom. The molecule has 0 N–H and O–H groups in total. The molecule has 0 aliphatic rings. The fourth-order valence-electron chi connectivity index (χ4n) is 0.589. The van der Waals surface area contributed by atoms with E-state index in [0.717, 1.165) is 12.0 Å². The number of rotatable bonds is 4. The highest BCUT2D eigenvalue weighted by atomic mass is 16.3. The van der Waals surface area contributed by atoms with Crippen LogP contribution in [0.25, 0.3) is 0 Å². The fourth-order valence-corrected chi connectivity index (χ4v) is 0.589. The molecule has 0 bridgehead atoms. The molecule has 0 heterocycles. The highest BCUT2D eigenvalue weighted by molar-refractivity contribution is 4.98. The molecule has 0 aromatic rings. The SMILES string of the molecule is C=C(CC)C(C)CN=O. The molecular weight excluding hydrogens is 114 g/mol. The van der Waals surface area contributed by atoms with Crippen molar-refractivity contribution in [2.24, 2.45) is 11.1 Å². The van der Waals surface area contributed by atoms with Gasteiger partial charge in [0.05, 0.1) is 6.54 Å². The molecule has 9 heavy (non-hydrogen) atoms. The lowest BCUT2D eigenvalue weighted by molar-refractivity contribution is 0.670. The summed E-state index contributed by atoms with van der Waals surface area (Å²) >= 11 is 0. The van der Waals surface area contributed by atoms with Gasteiger partial charge in [-0.1, -0.05) is 31.2 Å². The van der Waals surface area contributed by atoms with Crippen LogP contribution in [0, 0.1) is 10.8 Å². The topological polar surface area (TPSA) is 29.4 Å². The average Bonchev–Trinajstić information content (AvgIpc) is 1.87. The van der Waals surface area contributed by atoms with E-state index in [0.29, 0.717) is 6.54 Å². The van der Waals surface area contributed by atoms with E-state index >= 15 is 0 Å². The molecule has 2 heteroatoms. The van der Waals surface area contributed by atoms with Crippen molar-refractivity contribution in [1.82, 2.24) is 0 Å². The molecule has 2 nitrogen and oxygen atoms in total. The second kappa shape index (κ2) is 4.24. The third kappa shape index (κ3) is 3.01.